The number of nitrogens with zero attached hydrogens (tertiary/aromatic N) is 1. The van der Waals surface area contributed by atoms with E-state index in [4.69, 9.17) is 4.74 Å². The van der Waals surface area contributed by atoms with E-state index < -0.39 is 18.1 Å². The highest BCUT2D eigenvalue weighted by Crippen LogP contribution is 2.29. The minimum Gasteiger partial charge on any atom is -0.461 e. The van der Waals surface area contributed by atoms with Gasteiger partial charge in [-0.05, 0) is 37.8 Å². The van der Waals surface area contributed by atoms with E-state index in [9.17, 15) is 22.8 Å². The maximum atomic E-state index is 12.8. The SMILES string of the molecule is CCOC(=O)c1c(CC)c(CC)c(C)n1C(=O)C(F)(F)F. The molecule has 0 N–H and O–H groups in total. The Balaban J connectivity index is 3.65. The van der Waals surface area contributed by atoms with Gasteiger partial charge in [0.2, 0.25) is 0 Å². The normalized spacial score (nSPS) is 11.6. The molecule has 1 aromatic rings. The van der Waals surface area contributed by atoms with Crippen LogP contribution in [0.2, 0.25) is 0 Å². The van der Waals surface area contributed by atoms with Crippen molar-refractivity contribution in [2.24, 2.45) is 0 Å². The first-order valence-corrected chi connectivity index (χ1v) is 6.72. The van der Waals surface area contributed by atoms with Gasteiger partial charge in [-0.1, -0.05) is 13.8 Å². The number of halogens is 3. The summed E-state index contributed by atoms with van der Waals surface area (Å²) < 4.78 is 43.6. The maximum absolute atomic E-state index is 12.8. The molecule has 0 unspecified atom stereocenters. The van der Waals surface area contributed by atoms with E-state index in [-0.39, 0.29) is 18.0 Å². The Labute approximate surface area is 120 Å². The van der Waals surface area contributed by atoms with Gasteiger partial charge in [-0.3, -0.25) is 9.36 Å². The summed E-state index contributed by atoms with van der Waals surface area (Å²) in [4.78, 5) is 23.6. The molecule has 7 heteroatoms. The summed E-state index contributed by atoms with van der Waals surface area (Å²) in [6.07, 6.45) is -4.28. The molecule has 0 aromatic carbocycles. The summed E-state index contributed by atoms with van der Waals surface area (Å²) in [6.45, 7) is 6.46. The minimum atomic E-state index is -5.05. The first kappa shape index (κ1) is 17.3. The third-order valence-corrected chi connectivity index (χ3v) is 3.27. The summed E-state index contributed by atoms with van der Waals surface area (Å²) >= 11 is 0. The Hall–Kier alpha value is -1.79. The molecule has 1 aromatic heterocycles. The highest BCUT2D eigenvalue weighted by molar-refractivity contribution is 5.98. The van der Waals surface area contributed by atoms with E-state index in [0.29, 0.717) is 28.5 Å². The number of ether oxygens (including phenoxy) is 1. The Morgan fingerprint density at radius 2 is 1.62 bits per heavy atom. The minimum absolute atomic E-state index is 0.0217. The van der Waals surface area contributed by atoms with E-state index in [1.54, 1.807) is 20.8 Å². The number of alkyl halides is 3. The molecule has 0 aliphatic carbocycles. The zero-order valence-corrected chi connectivity index (χ0v) is 12.4. The zero-order chi connectivity index (χ0) is 16.4. The smallest absolute Gasteiger partial charge is 0.461 e. The van der Waals surface area contributed by atoms with Crippen molar-refractivity contribution in [1.82, 2.24) is 4.57 Å². The Morgan fingerprint density at radius 3 is 2.00 bits per heavy atom. The molecule has 0 spiro atoms. The van der Waals surface area contributed by atoms with Gasteiger partial charge in [0.05, 0.1) is 6.61 Å². The van der Waals surface area contributed by atoms with Gasteiger partial charge in [-0.15, -0.1) is 0 Å². The summed E-state index contributed by atoms with van der Waals surface area (Å²) in [5, 5.41) is 0. The van der Waals surface area contributed by atoms with Gasteiger partial charge in [-0.25, -0.2) is 4.79 Å². The third kappa shape index (κ3) is 3.11. The summed E-state index contributed by atoms with van der Waals surface area (Å²) in [5.74, 6) is -2.98. The van der Waals surface area contributed by atoms with Gasteiger partial charge in [-0.2, -0.15) is 13.2 Å². The molecule has 0 aliphatic rings. The topological polar surface area (TPSA) is 48.3 Å². The number of rotatable bonds is 4. The van der Waals surface area contributed by atoms with Crippen LogP contribution < -0.4 is 0 Å². The number of carbonyl (C=O) groups is 2. The van der Waals surface area contributed by atoms with E-state index in [1.165, 1.54) is 6.92 Å². The molecule has 0 saturated heterocycles. The first-order chi connectivity index (χ1) is 9.70. The monoisotopic (exact) mass is 305 g/mol. The molecule has 0 radical (unpaired) electrons. The summed E-state index contributed by atoms with van der Waals surface area (Å²) in [7, 11) is 0. The third-order valence-electron chi connectivity index (χ3n) is 3.27. The molecule has 0 fully saturated rings. The molecule has 0 atom stereocenters. The summed E-state index contributed by atoms with van der Waals surface area (Å²) in [5.41, 5.74) is 0.847. The lowest BCUT2D eigenvalue weighted by Crippen LogP contribution is -2.32. The quantitative estimate of drug-likeness (QED) is 0.802. The number of esters is 1. The lowest BCUT2D eigenvalue weighted by Gasteiger charge is -2.12. The van der Waals surface area contributed by atoms with Crippen LogP contribution in [-0.2, 0) is 17.6 Å². The molecule has 0 aliphatic heterocycles. The predicted octanol–water partition coefficient (Wildman–Crippen LogP) is 3.30. The molecule has 1 heterocycles. The standard InChI is InChI=1S/C14H18F3NO3/c1-5-9-8(4)18(13(20)14(15,16)17)11(10(9)6-2)12(19)21-7-3/h5-7H2,1-4H3. The van der Waals surface area contributed by atoms with Crippen LogP contribution >= 0.6 is 0 Å². The number of hydrogen-bond donors (Lipinski definition) is 0. The van der Waals surface area contributed by atoms with Gasteiger partial charge >= 0.3 is 18.1 Å². The van der Waals surface area contributed by atoms with Crippen LogP contribution in [0.4, 0.5) is 13.2 Å². The summed E-state index contributed by atoms with van der Waals surface area (Å²) in [6, 6.07) is 0. The van der Waals surface area contributed by atoms with E-state index in [0.717, 1.165) is 0 Å². The first-order valence-electron chi connectivity index (χ1n) is 6.72. The van der Waals surface area contributed by atoms with Crippen LogP contribution in [-0.4, -0.2) is 29.2 Å². The molecule has 0 saturated carbocycles. The van der Waals surface area contributed by atoms with Crippen LogP contribution in [0.3, 0.4) is 0 Å². The second-order valence-corrected chi connectivity index (χ2v) is 4.46. The molecular formula is C14H18F3NO3. The van der Waals surface area contributed by atoms with E-state index >= 15 is 0 Å². The van der Waals surface area contributed by atoms with Crippen molar-refractivity contribution < 1.29 is 27.5 Å². The molecule has 21 heavy (non-hydrogen) atoms. The maximum Gasteiger partial charge on any atom is 0.472 e. The van der Waals surface area contributed by atoms with Crippen LogP contribution in [0.5, 0.6) is 0 Å². The van der Waals surface area contributed by atoms with Gasteiger partial charge < -0.3 is 4.74 Å². The largest absolute Gasteiger partial charge is 0.472 e. The van der Waals surface area contributed by atoms with Gasteiger partial charge in [0.25, 0.3) is 0 Å². The van der Waals surface area contributed by atoms with Crippen LogP contribution in [0.1, 0.15) is 52.9 Å². The number of hydrogen-bond acceptors (Lipinski definition) is 3. The van der Waals surface area contributed by atoms with Crippen molar-refractivity contribution in [3.05, 3.63) is 22.5 Å². The lowest BCUT2D eigenvalue weighted by molar-refractivity contribution is -0.0949. The highest BCUT2D eigenvalue weighted by Gasteiger charge is 2.43. The molecule has 0 bridgehead atoms. The number of carbonyl (C=O) groups excluding carboxylic acids is 2. The van der Waals surface area contributed by atoms with Crippen molar-refractivity contribution in [3.63, 3.8) is 0 Å². The van der Waals surface area contributed by atoms with Crippen molar-refractivity contribution in [2.45, 2.75) is 46.7 Å². The fourth-order valence-electron chi connectivity index (χ4n) is 2.44. The Morgan fingerprint density at radius 1 is 1.10 bits per heavy atom. The molecule has 1 rings (SSSR count). The number of aromatic nitrogens is 1. The molecule has 4 nitrogen and oxygen atoms in total. The van der Waals surface area contributed by atoms with Crippen molar-refractivity contribution >= 4 is 11.9 Å². The molecule has 0 amide bonds. The fourth-order valence-corrected chi connectivity index (χ4v) is 2.44. The van der Waals surface area contributed by atoms with Crippen LogP contribution in [0.25, 0.3) is 0 Å². The average molecular weight is 305 g/mol. The average Bonchev–Trinajstić information content (AvgIpc) is 2.68. The lowest BCUT2D eigenvalue weighted by atomic mass is 10.0. The second kappa shape index (κ2) is 6.32. The fraction of sp³-hybridized carbons (Fsp3) is 0.571. The van der Waals surface area contributed by atoms with E-state index in [2.05, 4.69) is 0 Å². The van der Waals surface area contributed by atoms with Gasteiger partial charge in [0, 0.05) is 5.69 Å². The molecule has 118 valence electrons. The van der Waals surface area contributed by atoms with Crippen molar-refractivity contribution in [1.29, 1.82) is 0 Å². The predicted molar refractivity (Wildman–Crippen MR) is 70.6 cm³/mol. The van der Waals surface area contributed by atoms with Gasteiger partial charge in [0.1, 0.15) is 5.69 Å². The Bertz CT molecular complexity index is 559. The van der Waals surface area contributed by atoms with Crippen molar-refractivity contribution in [3.8, 4) is 0 Å². The van der Waals surface area contributed by atoms with Gasteiger partial charge in [0.15, 0.2) is 0 Å². The molecular weight excluding hydrogens is 287 g/mol. The van der Waals surface area contributed by atoms with E-state index in [1.807, 2.05) is 0 Å². The Kier molecular flexibility index (Phi) is 5.20. The zero-order valence-electron chi connectivity index (χ0n) is 12.4. The van der Waals surface area contributed by atoms with Crippen LogP contribution in [0, 0.1) is 6.92 Å². The second-order valence-electron chi connectivity index (χ2n) is 4.46. The van der Waals surface area contributed by atoms with Crippen molar-refractivity contribution in [2.75, 3.05) is 6.61 Å². The van der Waals surface area contributed by atoms with Crippen LogP contribution in [0.15, 0.2) is 0 Å². The highest BCUT2D eigenvalue weighted by atomic mass is 19.4.